The van der Waals surface area contributed by atoms with Gasteiger partial charge in [-0.15, -0.1) is 0 Å². The predicted molar refractivity (Wildman–Crippen MR) is 75.1 cm³/mol. The fourth-order valence-corrected chi connectivity index (χ4v) is 1.49. The average Bonchev–Trinajstić information content (AvgIpc) is 2.38. The highest BCUT2D eigenvalue weighted by Crippen LogP contribution is 2.17. The van der Waals surface area contributed by atoms with Gasteiger partial charge in [0.05, 0.1) is 0 Å². The maximum atomic E-state index is 5.54. The fraction of sp³-hybridized carbons (Fsp3) is 0.333. The van der Waals surface area contributed by atoms with Crippen molar-refractivity contribution in [2.45, 2.75) is 32.9 Å². The van der Waals surface area contributed by atoms with E-state index in [1.165, 1.54) is 5.56 Å². The van der Waals surface area contributed by atoms with E-state index in [1.807, 2.05) is 24.3 Å². The van der Waals surface area contributed by atoms with E-state index in [1.54, 1.807) is 18.5 Å². The summed E-state index contributed by atoms with van der Waals surface area (Å²) in [5.74, 6) is 0.741. The molecule has 0 aliphatic rings. The molecular formula is C15H19N3O. The second-order valence-corrected chi connectivity index (χ2v) is 5.38. The lowest BCUT2D eigenvalue weighted by molar-refractivity contribution is 0.423. The Bertz CT molecular complexity index is 503. The van der Waals surface area contributed by atoms with Crippen molar-refractivity contribution in [2.75, 3.05) is 0 Å². The molecule has 0 aliphatic carbocycles. The number of aromatic nitrogens is 2. The summed E-state index contributed by atoms with van der Waals surface area (Å²) in [7, 11) is 0. The van der Waals surface area contributed by atoms with Gasteiger partial charge in [0, 0.05) is 24.5 Å². The zero-order chi connectivity index (χ0) is 13.7. The van der Waals surface area contributed by atoms with E-state index in [9.17, 15) is 0 Å². The molecule has 0 fully saturated rings. The van der Waals surface area contributed by atoms with Crippen LogP contribution >= 0.6 is 0 Å². The first-order chi connectivity index (χ1) is 9.03. The predicted octanol–water partition coefficient (Wildman–Crippen LogP) is 3.16. The van der Waals surface area contributed by atoms with Crippen LogP contribution in [0.3, 0.4) is 0 Å². The van der Waals surface area contributed by atoms with Crippen molar-refractivity contribution in [3.63, 3.8) is 0 Å². The van der Waals surface area contributed by atoms with Crippen LogP contribution in [0.1, 0.15) is 26.3 Å². The molecule has 100 valence electrons. The van der Waals surface area contributed by atoms with Gasteiger partial charge in [0.2, 0.25) is 0 Å². The van der Waals surface area contributed by atoms with E-state index in [0.717, 1.165) is 12.3 Å². The smallest absolute Gasteiger partial charge is 0.321 e. The number of hydrogen-bond donors (Lipinski definition) is 1. The zero-order valence-corrected chi connectivity index (χ0v) is 11.6. The summed E-state index contributed by atoms with van der Waals surface area (Å²) >= 11 is 0. The third kappa shape index (κ3) is 4.67. The van der Waals surface area contributed by atoms with E-state index in [-0.39, 0.29) is 5.54 Å². The lowest BCUT2D eigenvalue weighted by Gasteiger charge is -2.20. The molecule has 0 atom stereocenters. The van der Waals surface area contributed by atoms with E-state index in [4.69, 9.17) is 4.74 Å². The average molecular weight is 257 g/mol. The van der Waals surface area contributed by atoms with E-state index in [2.05, 4.69) is 36.1 Å². The Kier molecular flexibility index (Phi) is 4.12. The molecule has 0 saturated heterocycles. The minimum Gasteiger partial charge on any atom is -0.424 e. The van der Waals surface area contributed by atoms with Crippen LogP contribution < -0.4 is 10.1 Å². The minimum atomic E-state index is 0.118. The van der Waals surface area contributed by atoms with Gasteiger partial charge in [0.1, 0.15) is 5.75 Å². The molecule has 0 bridgehead atoms. The summed E-state index contributed by atoms with van der Waals surface area (Å²) in [6, 6.07) is 10.1. The van der Waals surface area contributed by atoms with Crippen molar-refractivity contribution in [1.82, 2.24) is 15.3 Å². The largest absolute Gasteiger partial charge is 0.424 e. The lowest BCUT2D eigenvalue weighted by atomic mass is 10.1. The molecule has 0 saturated carbocycles. The Balaban J connectivity index is 1.95. The molecular weight excluding hydrogens is 238 g/mol. The van der Waals surface area contributed by atoms with Crippen LogP contribution in [0.25, 0.3) is 0 Å². The zero-order valence-electron chi connectivity index (χ0n) is 11.6. The van der Waals surface area contributed by atoms with Gasteiger partial charge >= 0.3 is 6.01 Å². The third-order valence-corrected chi connectivity index (χ3v) is 2.50. The molecule has 2 aromatic rings. The summed E-state index contributed by atoms with van der Waals surface area (Å²) in [5, 5.41) is 3.44. The van der Waals surface area contributed by atoms with Crippen molar-refractivity contribution < 1.29 is 4.74 Å². The van der Waals surface area contributed by atoms with Crippen LogP contribution in [0, 0.1) is 0 Å². The lowest BCUT2D eigenvalue weighted by Crippen LogP contribution is -2.34. The van der Waals surface area contributed by atoms with Crippen molar-refractivity contribution in [2.24, 2.45) is 0 Å². The fourth-order valence-electron chi connectivity index (χ4n) is 1.49. The van der Waals surface area contributed by atoms with Gasteiger partial charge in [-0.25, -0.2) is 9.97 Å². The molecule has 1 heterocycles. The third-order valence-electron chi connectivity index (χ3n) is 2.50. The van der Waals surface area contributed by atoms with Crippen LogP contribution in [-0.4, -0.2) is 15.5 Å². The molecule has 0 aliphatic heterocycles. The van der Waals surface area contributed by atoms with Crippen LogP contribution in [0.4, 0.5) is 0 Å². The van der Waals surface area contributed by atoms with Gasteiger partial charge in [-0.3, -0.25) is 0 Å². The summed E-state index contributed by atoms with van der Waals surface area (Å²) in [6.07, 6.45) is 3.31. The van der Waals surface area contributed by atoms with Crippen molar-refractivity contribution in [3.05, 3.63) is 48.3 Å². The first-order valence-corrected chi connectivity index (χ1v) is 6.32. The Morgan fingerprint density at radius 2 is 1.68 bits per heavy atom. The summed E-state index contributed by atoms with van der Waals surface area (Å²) in [6.45, 7) is 7.29. The van der Waals surface area contributed by atoms with Crippen LogP contribution in [-0.2, 0) is 6.54 Å². The van der Waals surface area contributed by atoms with Crippen molar-refractivity contribution in [1.29, 1.82) is 0 Å². The van der Waals surface area contributed by atoms with Crippen LogP contribution in [0.2, 0.25) is 0 Å². The summed E-state index contributed by atoms with van der Waals surface area (Å²) in [4.78, 5) is 8.04. The molecule has 2 rings (SSSR count). The Hall–Kier alpha value is -1.94. The molecule has 1 N–H and O–H groups in total. The minimum absolute atomic E-state index is 0.118. The highest BCUT2D eigenvalue weighted by Gasteiger charge is 2.08. The monoisotopic (exact) mass is 257 g/mol. The SMILES string of the molecule is CC(C)(C)NCc1ccc(Oc2ncccn2)cc1. The molecule has 0 unspecified atom stereocenters. The van der Waals surface area contributed by atoms with Crippen molar-refractivity contribution in [3.8, 4) is 11.8 Å². The molecule has 0 spiro atoms. The molecule has 1 aromatic carbocycles. The normalized spacial score (nSPS) is 11.3. The van der Waals surface area contributed by atoms with Gasteiger partial charge < -0.3 is 10.1 Å². The maximum Gasteiger partial charge on any atom is 0.321 e. The topological polar surface area (TPSA) is 47.0 Å². The van der Waals surface area contributed by atoms with E-state index >= 15 is 0 Å². The number of benzene rings is 1. The number of rotatable bonds is 4. The molecule has 4 heteroatoms. The second-order valence-electron chi connectivity index (χ2n) is 5.38. The molecule has 0 amide bonds. The molecule has 4 nitrogen and oxygen atoms in total. The van der Waals surface area contributed by atoms with Gasteiger partial charge in [0.25, 0.3) is 0 Å². The van der Waals surface area contributed by atoms with Gasteiger partial charge in [-0.2, -0.15) is 0 Å². The van der Waals surface area contributed by atoms with Gasteiger partial charge in [-0.1, -0.05) is 12.1 Å². The number of hydrogen-bond acceptors (Lipinski definition) is 4. The number of nitrogens with zero attached hydrogens (tertiary/aromatic N) is 2. The maximum absolute atomic E-state index is 5.54. The standard InChI is InChI=1S/C15H19N3O/c1-15(2,3)18-11-12-5-7-13(8-6-12)19-14-16-9-4-10-17-14/h4-10,18H,11H2,1-3H3. The highest BCUT2D eigenvalue weighted by molar-refractivity contribution is 5.29. The Labute approximate surface area is 113 Å². The number of nitrogens with one attached hydrogen (secondary N) is 1. The number of ether oxygens (including phenoxy) is 1. The van der Waals surface area contributed by atoms with Crippen LogP contribution in [0.15, 0.2) is 42.7 Å². The quantitative estimate of drug-likeness (QED) is 0.914. The molecule has 19 heavy (non-hydrogen) atoms. The molecule has 0 radical (unpaired) electrons. The van der Waals surface area contributed by atoms with E-state index in [0.29, 0.717) is 6.01 Å². The van der Waals surface area contributed by atoms with Gasteiger partial charge in [0.15, 0.2) is 0 Å². The van der Waals surface area contributed by atoms with Crippen LogP contribution in [0.5, 0.6) is 11.8 Å². The van der Waals surface area contributed by atoms with Gasteiger partial charge in [-0.05, 0) is 44.5 Å². The highest BCUT2D eigenvalue weighted by atomic mass is 16.5. The first kappa shape index (κ1) is 13.5. The first-order valence-electron chi connectivity index (χ1n) is 6.32. The second kappa shape index (κ2) is 5.80. The Morgan fingerprint density at radius 3 is 2.26 bits per heavy atom. The van der Waals surface area contributed by atoms with Crippen molar-refractivity contribution >= 4 is 0 Å². The van der Waals surface area contributed by atoms with E-state index < -0.39 is 0 Å². The summed E-state index contributed by atoms with van der Waals surface area (Å²) < 4.78 is 5.54. The summed E-state index contributed by atoms with van der Waals surface area (Å²) in [5.41, 5.74) is 1.34. The molecule has 1 aromatic heterocycles. The Morgan fingerprint density at radius 1 is 1.05 bits per heavy atom.